The van der Waals surface area contributed by atoms with E-state index in [1.54, 1.807) is 50.5 Å². The second kappa shape index (κ2) is 9.66. The van der Waals surface area contributed by atoms with E-state index in [4.69, 9.17) is 0 Å². The van der Waals surface area contributed by atoms with Crippen LogP contribution in [0.25, 0.3) is 0 Å². The first-order valence-electron chi connectivity index (χ1n) is 9.00. The first kappa shape index (κ1) is 21.8. The van der Waals surface area contributed by atoms with E-state index in [-0.39, 0.29) is 16.8 Å². The number of rotatable bonds is 7. The van der Waals surface area contributed by atoms with Crippen molar-refractivity contribution in [1.82, 2.24) is 14.9 Å². The molecule has 152 valence electrons. The van der Waals surface area contributed by atoms with E-state index < -0.39 is 10.0 Å². The summed E-state index contributed by atoms with van der Waals surface area (Å²) in [5, 5.41) is 6.32. The minimum absolute atomic E-state index is 0.109. The fourth-order valence-corrected chi connectivity index (χ4v) is 3.79. The number of aliphatic imine (C=N–C) groups is 1. The average Bonchev–Trinajstić information content (AvgIpc) is 2.69. The lowest BCUT2D eigenvalue weighted by atomic mass is 10.2. The average molecular weight is 407 g/mol. The molecule has 0 radical (unpaired) electrons. The number of nitrogens with one attached hydrogen (secondary N) is 2. The van der Waals surface area contributed by atoms with Crippen molar-refractivity contribution in [1.29, 1.82) is 0 Å². The molecule has 28 heavy (non-hydrogen) atoms. The molecule has 0 unspecified atom stereocenters. The van der Waals surface area contributed by atoms with Crippen LogP contribution in [0.15, 0.2) is 58.4 Å². The smallest absolute Gasteiger partial charge is 0.243 e. The Morgan fingerprint density at radius 2 is 1.46 bits per heavy atom. The van der Waals surface area contributed by atoms with Crippen LogP contribution in [0.4, 0.5) is 4.39 Å². The summed E-state index contributed by atoms with van der Waals surface area (Å²) < 4.78 is 39.3. The van der Waals surface area contributed by atoms with Crippen LogP contribution in [0.1, 0.15) is 25.0 Å². The summed E-state index contributed by atoms with van der Waals surface area (Å²) in [5.41, 5.74) is 1.86. The van der Waals surface area contributed by atoms with Gasteiger partial charge in [0.05, 0.1) is 4.90 Å². The minimum Gasteiger partial charge on any atom is -0.352 e. The van der Waals surface area contributed by atoms with E-state index >= 15 is 0 Å². The second-order valence-corrected chi connectivity index (χ2v) is 8.66. The van der Waals surface area contributed by atoms with Crippen molar-refractivity contribution in [3.05, 3.63) is 65.5 Å². The van der Waals surface area contributed by atoms with Crippen LogP contribution in [0.5, 0.6) is 0 Å². The van der Waals surface area contributed by atoms with Gasteiger partial charge >= 0.3 is 0 Å². The molecule has 2 aromatic carbocycles. The Kier molecular flexibility index (Phi) is 7.53. The van der Waals surface area contributed by atoms with Crippen molar-refractivity contribution in [2.24, 2.45) is 4.99 Å². The molecule has 2 aromatic rings. The molecule has 0 saturated carbocycles. The van der Waals surface area contributed by atoms with Crippen LogP contribution in [-0.2, 0) is 23.1 Å². The number of guanidine groups is 1. The molecule has 2 N–H and O–H groups in total. The van der Waals surface area contributed by atoms with Gasteiger partial charge in [0.25, 0.3) is 0 Å². The summed E-state index contributed by atoms with van der Waals surface area (Å²) in [4.78, 5) is 4.42. The second-order valence-electron chi connectivity index (χ2n) is 6.66. The Hall–Kier alpha value is -2.45. The predicted octanol–water partition coefficient (Wildman–Crippen LogP) is 2.72. The van der Waals surface area contributed by atoms with E-state index in [9.17, 15) is 12.8 Å². The number of hydrogen-bond acceptors (Lipinski definition) is 3. The van der Waals surface area contributed by atoms with Crippen LogP contribution in [0, 0.1) is 5.82 Å². The van der Waals surface area contributed by atoms with Crippen molar-refractivity contribution in [2.45, 2.75) is 37.9 Å². The lowest BCUT2D eigenvalue weighted by molar-refractivity contribution is 0.410. The van der Waals surface area contributed by atoms with Gasteiger partial charge in [-0.25, -0.2) is 12.8 Å². The van der Waals surface area contributed by atoms with Crippen molar-refractivity contribution in [2.75, 3.05) is 14.1 Å². The lowest BCUT2D eigenvalue weighted by Gasteiger charge is -2.21. The van der Waals surface area contributed by atoms with Gasteiger partial charge < -0.3 is 10.6 Å². The van der Waals surface area contributed by atoms with Gasteiger partial charge in [-0.3, -0.25) is 4.99 Å². The predicted molar refractivity (Wildman–Crippen MR) is 110 cm³/mol. The normalized spacial score (nSPS) is 12.5. The first-order valence-corrected chi connectivity index (χ1v) is 10.4. The van der Waals surface area contributed by atoms with Crippen molar-refractivity contribution >= 4 is 16.0 Å². The molecule has 0 amide bonds. The highest BCUT2D eigenvalue weighted by molar-refractivity contribution is 7.89. The molecule has 0 saturated heterocycles. The van der Waals surface area contributed by atoms with Crippen LogP contribution < -0.4 is 10.6 Å². The highest BCUT2D eigenvalue weighted by Crippen LogP contribution is 2.17. The topological polar surface area (TPSA) is 73.8 Å². The lowest BCUT2D eigenvalue weighted by Crippen LogP contribution is -2.36. The molecule has 0 atom stereocenters. The summed E-state index contributed by atoms with van der Waals surface area (Å²) >= 11 is 0. The summed E-state index contributed by atoms with van der Waals surface area (Å²) in [6.07, 6.45) is 0. The standard InChI is InChI=1S/C20H27FN4O2S/c1-15(2)25(4)28(26,27)19-11-7-17(8-12-19)14-24-20(22-3)23-13-16-5-9-18(21)10-6-16/h5-12,15H,13-14H2,1-4H3,(H2,22,23,24). The molecule has 0 aromatic heterocycles. The fourth-order valence-electron chi connectivity index (χ4n) is 2.42. The van der Waals surface area contributed by atoms with Gasteiger partial charge in [0.15, 0.2) is 5.96 Å². The summed E-state index contributed by atoms with van der Waals surface area (Å²) in [6.45, 7) is 4.67. The maximum absolute atomic E-state index is 12.9. The first-order chi connectivity index (χ1) is 13.2. The van der Waals surface area contributed by atoms with E-state index in [2.05, 4.69) is 15.6 Å². The molecule has 2 rings (SSSR count). The third kappa shape index (κ3) is 5.77. The molecular weight excluding hydrogens is 379 g/mol. The molecule has 0 bridgehead atoms. The quantitative estimate of drug-likeness (QED) is 0.548. The molecule has 0 aliphatic carbocycles. The molecule has 6 nitrogen and oxygen atoms in total. The Bertz CT molecular complexity index is 895. The van der Waals surface area contributed by atoms with Gasteiger partial charge in [-0.2, -0.15) is 4.31 Å². The zero-order valence-corrected chi connectivity index (χ0v) is 17.4. The maximum atomic E-state index is 12.9. The Labute approximate surface area is 166 Å². The monoisotopic (exact) mass is 406 g/mol. The minimum atomic E-state index is -3.48. The molecule has 0 fully saturated rings. The summed E-state index contributed by atoms with van der Waals surface area (Å²) in [5.74, 6) is 0.330. The Balaban J connectivity index is 1.93. The summed E-state index contributed by atoms with van der Waals surface area (Å²) in [7, 11) is -0.243. The van der Waals surface area contributed by atoms with E-state index in [1.807, 2.05) is 13.8 Å². The number of hydrogen-bond donors (Lipinski definition) is 2. The zero-order chi connectivity index (χ0) is 20.7. The SMILES string of the molecule is CN=C(NCc1ccc(F)cc1)NCc1ccc(S(=O)(=O)N(C)C(C)C)cc1. The Morgan fingerprint density at radius 1 is 1.00 bits per heavy atom. The summed E-state index contributed by atoms with van der Waals surface area (Å²) in [6, 6.07) is 12.9. The highest BCUT2D eigenvalue weighted by atomic mass is 32.2. The zero-order valence-electron chi connectivity index (χ0n) is 16.6. The molecule has 0 heterocycles. The van der Waals surface area contributed by atoms with Crippen molar-refractivity contribution in [3.63, 3.8) is 0 Å². The van der Waals surface area contributed by atoms with Gasteiger partial charge in [-0.15, -0.1) is 0 Å². The third-order valence-corrected chi connectivity index (χ3v) is 6.43. The Morgan fingerprint density at radius 3 is 1.89 bits per heavy atom. The third-order valence-electron chi connectivity index (χ3n) is 4.38. The maximum Gasteiger partial charge on any atom is 0.243 e. The van der Waals surface area contributed by atoms with Crippen LogP contribution >= 0.6 is 0 Å². The van der Waals surface area contributed by atoms with E-state index in [1.165, 1.54) is 16.4 Å². The van der Waals surface area contributed by atoms with Crippen LogP contribution in [0.2, 0.25) is 0 Å². The van der Waals surface area contributed by atoms with E-state index in [0.29, 0.717) is 19.0 Å². The number of halogens is 1. The number of sulfonamides is 1. The largest absolute Gasteiger partial charge is 0.352 e. The molecule has 0 spiro atoms. The number of benzene rings is 2. The molecule has 0 aliphatic rings. The van der Waals surface area contributed by atoms with Gasteiger partial charge in [0.1, 0.15) is 5.82 Å². The molecule has 0 aliphatic heterocycles. The van der Waals surface area contributed by atoms with Gasteiger partial charge in [0, 0.05) is 33.2 Å². The molecular formula is C20H27FN4O2S. The number of nitrogens with zero attached hydrogens (tertiary/aromatic N) is 2. The van der Waals surface area contributed by atoms with Crippen LogP contribution in [0.3, 0.4) is 0 Å². The van der Waals surface area contributed by atoms with Crippen molar-refractivity contribution < 1.29 is 12.8 Å². The van der Waals surface area contributed by atoms with Crippen LogP contribution in [-0.4, -0.2) is 38.8 Å². The van der Waals surface area contributed by atoms with Gasteiger partial charge in [-0.05, 0) is 49.2 Å². The van der Waals surface area contributed by atoms with Crippen molar-refractivity contribution in [3.8, 4) is 0 Å². The fraction of sp³-hybridized carbons (Fsp3) is 0.350. The molecule has 8 heteroatoms. The highest BCUT2D eigenvalue weighted by Gasteiger charge is 2.22. The van der Waals surface area contributed by atoms with Gasteiger partial charge in [0.2, 0.25) is 10.0 Å². The van der Waals surface area contributed by atoms with Gasteiger partial charge in [-0.1, -0.05) is 24.3 Å². The van der Waals surface area contributed by atoms with E-state index in [0.717, 1.165) is 11.1 Å².